The Kier molecular flexibility index (Phi) is 2.37. The molecule has 0 aliphatic carbocycles. The summed E-state index contributed by atoms with van der Waals surface area (Å²) in [6, 6.07) is 5.43. The van der Waals surface area contributed by atoms with Gasteiger partial charge in [-0.15, -0.1) is 0 Å². The Labute approximate surface area is 86.3 Å². The molecule has 2 rings (SSSR count). The van der Waals surface area contributed by atoms with Crippen molar-refractivity contribution >= 4 is 17.3 Å². The predicted octanol–water partition coefficient (Wildman–Crippen LogP) is 2.17. The predicted molar refractivity (Wildman–Crippen MR) is 57.2 cm³/mol. The zero-order chi connectivity index (χ0) is 10.8. The molecule has 2 aromatic rings. The quantitative estimate of drug-likeness (QED) is 0.701. The molecule has 0 spiro atoms. The van der Waals surface area contributed by atoms with E-state index in [4.69, 9.17) is 4.42 Å². The van der Waals surface area contributed by atoms with E-state index in [0.29, 0.717) is 17.3 Å². The molecule has 0 amide bonds. The molecule has 1 aromatic heterocycles. The first kappa shape index (κ1) is 9.65. The van der Waals surface area contributed by atoms with Crippen LogP contribution >= 0.6 is 0 Å². The summed E-state index contributed by atoms with van der Waals surface area (Å²) in [4.78, 5) is 22.3. The van der Waals surface area contributed by atoms with Crippen LogP contribution in [0.15, 0.2) is 33.7 Å². The van der Waals surface area contributed by atoms with Crippen molar-refractivity contribution in [2.45, 2.75) is 13.3 Å². The van der Waals surface area contributed by atoms with Crippen LogP contribution in [0.2, 0.25) is 0 Å². The van der Waals surface area contributed by atoms with Crippen molar-refractivity contribution in [3.05, 3.63) is 45.8 Å². The summed E-state index contributed by atoms with van der Waals surface area (Å²) in [5.41, 5.74) is 1.37. The van der Waals surface area contributed by atoms with Gasteiger partial charge in [0.1, 0.15) is 11.8 Å². The summed E-state index contributed by atoms with van der Waals surface area (Å²) in [5, 5.41) is 0.471. The van der Waals surface area contributed by atoms with Crippen molar-refractivity contribution in [2.75, 3.05) is 0 Å². The molecule has 3 nitrogen and oxygen atoms in total. The Hall–Kier alpha value is -1.90. The first-order chi connectivity index (χ1) is 7.26. The third kappa shape index (κ3) is 1.56. The molecule has 3 heteroatoms. The zero-order valence-electron chi connectivity index (χ0n) is 8.32. The fraction of sp³-hybridized carbons (Fsp3) is 0.167. The van der Waals surface area contributed by atoms with Crippen LogP contribution in [0, 0.1) is 0 Å². The van der Waals surface area contributed by atoms with E-state index in [0.717, 1.165) is 12.0 Å². The van der Waals surface area contributed by atoms with Gasteiger partial charge in [0.15, 0.2) is 6.29 Å². The maximum atomic E-state index is 11.7. The average molecular weight is 202 g/mol. The number of aldehydes is 1. The summed E-state index contributed by atoms with van der Waals surface area (Å²) in [6.45, 7) is 2.01. The number of aryl methyl sites for hydroxylation is 1. The third-order valence-corrected chi connectivity index (χ3v) is 2.40. The van der Waals surface area contributed by atoms with Crippen LogP contribution in [-0.4, -0.2) is 6.29 Å². The summed E-state index contributed by atoms with van der Waals surface area (Å²) in [7, 11) is 0. The second-order valence-electron chi connectivity index (χ2n) is 3.32. The van der Waals surface area contributed by atoms with Crippen LogP contribution in [-0.2, 0) is 6.42 Å². The minimum absolute atomic E-state index is 0.0655. The van der Waals surface area contributed by atoms with Crippen molar-refractivity contribution in [2.24, 2.45) is 0 Å². The van der Waals surface area contributed by atoms with E-state index in [2.05, 4.69) is 0 Å². The van der Waals surface area contributed by atoms with Gasteiger partial charge in [-0.1, -0.05) is 13.0 Å². The fourth-order valence-electron chi connectivity index (χ4n) is 1.49. The van der Waals surface area contributed by atoms with E-state index in [1.54, 1.807) is 12.1 Å². The van der Waals surface area contributed by atoms with Crippen molar-refractivity contribution < 1.29 is 9.21 Å². The van der Waals surface area contributed by atoms with Gasteiger partial charge in [-0.25, -0.2) is 0 Å². The molecular formula is C12H10O3. The number of hydrogen-bond acceptors (Lipinski definition) is 3. The molecule has 0 fully saturated rings. The average Bonchev–Trinajstić information content (AvgIpc) is 2.29. The number of benzene rings is 1. The fourth-order valence-corrected chi connectivity index (χ4v) is 1.49. The van der Waals surface area contributed by atoms with Crippen LogP contribution in [0.5, 0.6) is 0 Å². The van der Waals surface area contributed by atoms with E-state index >= 15 is 0 Å². The van der Waals surface area contributed by atoms with Crippen molar-refractivity contribution in [3.63, 3.8) is 0 Å². The standard InChI is InChI=1S/C12H10O3/c1-2-8-3-4-11-10(5-8)12(14)9(6-13)7-15-11/h3-7H,2H2,1H3. The zero-order valence-corrected chi connectivity index (χ0v) is 8.32. The van der Waals surface area contributed by atoms with Gasteiger partial charge in [-0.3, -0.25) is 9.59 Å². The molecule has 1 heterocycles. The minimum atomic E-state index is -0.262. The number of carbonyl (C=O) groups excluding carboxylic acids is 1. The van der Waals surface area contributed by atoms with E-state index in [-0.39, 0.29) is 11.0 Å². The monoisotopic (exact) mass is 202 g/mol. The van der Waals surface area contributed by atoms with Crippen LogP contribution in [0.3, 0.4) is 0 Å². The van der Waals surface area contributed by atoms with Crippen LogP contribution < -0.4 is 5.43 Å². The van der Waals surface area contributed by atoms with E-state index < -0.39 is 0 Å². The largest absolute Gasteiger partial charge is 0.463 e. The second kappa shape index (κ2) is 3.69. The number of fused-ring (bicyclic) bond motifs is 1. The molecule has 0 unspecified atom stereocenters. The molecular weight excluding hydrogens is 192 g/mol. The lowest BCUT2D eigenvalue weighted by molar-refractivity contribution is 0.112. The minimum Gasteiger partial charge on any atom is -0.463 e. The van der Waals surface area contributed by atoms with Gasteiger partial charge in [0, 0.05) is 0 Å². The number of carbonyl (C=O) groups is 1. The van der Waals surface area contributed by atoms with Crippen molar-refractivity contribution in [1.29, 1.82) is 0 Å². The molecule has 0 saturated carbocycles. The smallest absolute Gasteiger partial charge is 0.203 e. The summed E-state index contributed by atoms with van der Waals surface area (Å²) >= 11 is 0. The highest BCUT2D eigenvalue weighted by Crippen LogP contribution is 2.13. The maximum absolute atomic E-state index is 11.7. The van der Waals surface area contributed by atoms with Crippen LogP contribution in [0.25, 0.3) is 11.0 Å². The molecule has 1 aromatic carbocycles. The first-order valence-corrected chi connectivity index (χ1v) is 4.76. The number of hydrogen-bond donors (Lipinski definition) is 0. The first-order valence-electron chi connectivity index (χ1n) is 4.76. The highest BCUT2D eigenvalue weighted by molar-refractivity contribution is 5.84. The Morgan fingerprint density at radius 1 is 1.40 bits per heavy atom. The van der Waals surface area contributed by atoms with Gasteiger partial charge >= 0.3 is 0 Å². The Morgan fingerprint density at radius 3 is 2.87 bits per heavy atom. The highest BCUT2D eigenvalue weighted by Gasteiger charge is 2.06. The number of rotatable bonds is 2. The molecule has 0 radical (unpaired) electrons. The Morgan fingerprint density at radius 2 is 2.20 bits per heavy atom. The van der Waals surface area contributed by atoms with Crippen molar-refractivity contribution in [1.82, 2.24) is 0 Å². The van der Waals surface area contributed by atoms with Crippen LogP contribution in [0.1, 0.15) is 22.8 Å². The summed E-state index contributed by atoms with van der Waals surface area (Å²) in [6.07, 6.45) is 2.56. The highest BCUT2D eigenvalue weighted by atomic mass is 16.3. The van der Waals surface area contributed by atoms with Gasteiger partial charge in [0.25, 0.3) is 0 Å². The van der Waals surface area contributed by atoms with E-state index in [1.807, 2.05) is 13.0 Å². The lowest BCUT2D eigenvalue weighted by Crippen LogP contribution is -2.07. The normalized spacial score (nSPS) is 10.5. The molecule has 76 valence electrons. The van der Waals surface area contributed by atoms with E-state index in [1.165, 1.54) is 6.26 Å². The maximum Gasteiger partial charge on any atom is 0.203 e. The van der Waals surface area contributed by atoms with E-state index in [9.17, 15) is 9.59 Å². The molecule has 0 bridgehead atoms. The van der Waals surface area contributed by atoms with Gasteiger partial charge < -0.3 is 4.42 Å². The third-order valence-electron chi connectivity index (χ3n) is 2.40. The topological polar surface area (TPSA) is 47.3 Å². The Bertz CT molecular complexity index is 567. The van der Waals surface area contributed by atoms with Gasteiger partial charge in [-0.05, 0) is 24.1 Å². The van der Waals surface area contributed by atoms with Crippen molar-refractivity contribution in [3.8, 4) is 0 Å². The SMILES string of the molecule is CCc1ccc2occ(C=O)c(=O)c2c1. The molecule has 0 saturated heterocycles. The lowest BCUT2D eigenvalue weighted by Gasteiger charge is -2.00. The molecule has 0 N–H and O–H groups in total. The molecule has 0 aliphatic rings. The van der Waals surface area contributed by atoms with Gasteiger partial charge in [0.2, 0.25) is 5.43 Å². The summed E-state index contributed by atoms with van der Waals surface area (Å²) in [5.74, 6) is 0. The molecule has 15 heavy (non-hydrogen) atoms. The van der Waals surface area contributed by atoms with Crippen LogP contribution in [0.4, 0.5) is 0 Å². The van der Waals surface area contributed by atoms with Gasteiger partial charge in [0.05, 0.1) is 10.9 Å². The van der Waals surface area contributed by atoms with Gasteiger partial charge in [-0.2, -0.15) is 0 Å². The summed E-state index contributed by atoms with van der Waals surface area (Å²) < 4.78 is 5.18. The molecule has 0 aliphatic heterocycles. The lowest BCUT2D eigenvalue weighted by atomic mass is 10.1. The Balaban J connectivity index is 2.83. The molecule has 0 atom stereocenters. The second-order valence-corrected chi connectivity index (χ2v) is 3.32.